The molecule has 0 aromatic carbocycles. The summed E-state index contributed by atoms with van der Waals surface area (Å²) in [6.45, 7) is 12.3. The highest BCUT2D eigenvalue weighted by atomic mass is 16.5. The summed E-state index contributed by atoms with van der Waals surface area (Å²) in [5, 5.41) is 36.5. The Morgan fingerprint density at radius 3 is 2.79 bits per heavy atom. The van der Waals surface area contributed by atoms with Crippen LogP contribution in [0.2, 0.25) is 0 Å². The number of nitrogens with zero attached hydrogens (tertiary/aromatic N) is 8. The van der Waals surface area contributed by atoms with Crippen molar-refractivity contribution in [3.05, 3.63) is 29.2 Å². The van der Waals surface area contributed by atoms with E-state index in [0.717, 1.165) is 28.8 Å². The van der Waals surface area contributed by atoms with Crippen molar-refractivity contribution < 1.29 is 14.6 Å². The smallest absolute Gasteiger partial charge is 0.240 e. The summed E-state index contributed by atoms with van der Waals surface area (Å²) in [4.78, 5) is 2.29. The van der Waals surface area contributed by atoms with Gasteiger partial charge in [-0.3, -0.25) is 14.7 Å². The highest BCUT2D eigenvalue weighted by molar-refractivity contribution is 5.89. The van der Waals surface area contributed by atoms with Crippen LogP contribution < -0.4 is 9.47 Å². The summed E-state index contributed by atoms with van der Waals surface area (Å²) in [5.41, 5.74) is 4.52. The monoisotopic (exact) mass is 521 g/mol. The van der Waals surface area contributed by atoms with Gasteiger partial charge in [-0.25, -0.2) is 4.68 Å². The molecule has 0 radical (unpaired) electrons. The number of H-pyrrole nitrogens is 1. The number of aromatic amines is 1. The molecule has 1 aliphatic rings. The van der Waals surface area contributed by atoms with Gasteiger partial charge >= 0.3 is 0 Å². The second-order valence-electron chi connectivity index (χ2n) is 10.0. The number of hydrogen-bond acceptors (Lipinski definition) is 9. The fraction of sp³-hybridized carbons (Fsp3) is 0.500. The summed E-state index contributed by atoms with van der Waals surface area (Å²) in [6, 6.07) is 1.95. The van der Waals surface area contributed by atoms with Crippen molar-refractivity contribution in [2.45, 2.75) is 66.0 Å². The van der Waals surface area contributed by atoms with Gasteiger partial charge in [0, 0.05) is 20.1 Å². The van der Waals surface area contributed by atoms with Crippen LogP contribution in [0, 0.1) is 0 Å². The molecule has 2 N–H and O–H groups in total. The standard InChI is InChI=1S/C26H35N9O3/c1-7-34-13-17(5)38-26-20(11-27-33(26)6)22-10-19-21(28-30-24(19)31-29-22)9-8-18-23(14-34)35(12-16(4)36)32-25(18)37-15(2)3/h8-11,15-17,36H,7,12-14H2,1-6H3,(H,28,30,31)/b9-8+/t16-,17-/m0/s1. The maximum atomic E-state index is 10.2. The average molecular weight is 522 g/mol. The number of rotatable bonds is 5. The molecule has 0 amide bonds. The SMILES string of the molecule is CCN1Cc2c(c(OC(C)C)nn2C[C@H](C)O)/C=C/c2n[nH]c3nnc(cc23)-c2cnn(C)c2O[C@@H](C)C1. The van der Waals surface area contributed by atoms with Crippen molar-refractivity contribution in [2.24, 2.45) is 7.05 Å². The highest BCUT2D eigenvalue weighted by Gasteiger charge is 2.24. The van der Waals surface area contributed by atoms with Gasteiger partial charge in [-0.2, -0.15) is 10.2 Å². The van der Waals surface area contributed by atoms with Crippen molar-refractivity contribution in [3.8, 4) is 23.0 Å². The van der Waals surface area contributed by atoms with Gasteiger partial charge in [0.05, 0.1) is 52.9 Å². The minimum Gasteiger partial charge on any atom is -0.473 e. The van der Waals surface area contributed by atoms with Crippen LogP contribution >= 0.6 is 0 Å². The molecule has 0 saturated heterocycles. The van der Waals surface area contributed by atoms with E-state index in [2.05, 4.69) is 37.3 Å². The lowest BCUT2D eigenvalue weighted by molar-refractivity contribution is 0.131. The number of ether oxygens (including phenoxy) is 2. The minimum atomic E-state index is -0.570. The number of aliphatic hydroxyl groups excluding tert-OH is 1. The summed E-state index contributed by atoms with van der Waals surface area (Å²) >= 11 is 0. The van der Waals surface area contributed by atoms with Gasteiger partial charge in [-0.05, 0) is 52.5 Å². The highest BCUT2D eigenvalue weighted by Crippen LogP contribution is 2.32. The van der Waals surface area contributed by atoms with Crippen LogP contribution in [-0.2, 0) is 20.1 Å². The van der Waals surface area contributed by atoms with Crippen LogP contribution in [0.15, 0.2) is 12.3 Å². The third-order valence-electron chi connectivity index (χ3n) is 6.42. The third-order valence-corrected chi connectivity index (χ3v) is 6.42. The van der Waals surface area contributed by atoms with E-state index in [0.29, 0.717) is 48.4 Å². The van der Waals surface area contributed by atoms with E-state index in [1.54, 1.807) is 17.8 Å². The van der Waals surface area contributed by atoms with Crippen molar-refractivity contribution in [1.82, 2.24) is 44.9 Å². The third kappa shape index (κ3) is 5.14. The Bertz CT molecular complexity index is 1450. The van der Waals surface area contributed by atoms with Crippen LogP contribution in [0.3, 0.4) is 0 Å². The first-order valence-corrected chi connectivity index (χ1v) is 13.0. The van der Waals surface area contributed by atoms with Crippen molar-refractivity contribution in [2.75, 3.05) is 13.1 Å². The Kier molecular flexibility index (Phi) is 7.17. The Morgan fingerprint density at radius 2 is 2.05 bits per heavy atom. The molecule has 5 heterocycles. The summed E-state index contributed by atoms with van der Waals surface area (Å²) in [6.07, 6.45) is 4.89. The Labute approximate surface area is 221 Å². The van der Waals surface area contributed by atoms with Crippen molar-refractivity contribution >= 4 is 23.2 Å². The average Bonchev–Trinajstić information content (AvgIpc) is 3.52. The molecule has 38 heavy (non-hydrogen) atoms. The van der Waals surface area contributed by atoms with Gasteiger partial charge in [0.15, 0.2) is 5.65 Å². The number of nitrogens with one attached hydrogen (secondary N) is 1. The second kappa shape index (κ2) is 10.5. The first kappa shape index (κ1) is 25.9. The summed E-state index contributed by atoms with van der Waals surface area (Å²) in [5.74, 6) is 1.15. The topological polar surface area (TPSA) is 132 Å². The van der Waals surface area contributed by atoms with E-state index < -0.39 is 6.10 Å². The Balaban J connectivity index is 1.70. The zero-order chi connectivity index (χ0) is 27.0. The molecule has 2 bridgehead atoms. The number of hydrogen-bond donors (Lipinski definition) is 2. The summed E-state index contributed by atoms with van der Waals surface area (Å²) in [7, 11) is 1.85. The number of aryl methyl sites for hydroxylation is 1. The molecule has 12 nitrogen and oxygen atoms in total. The van der Waals surface area contributed by atoms with E-state index >= 15 is 0 Å². The van der Waals surface area contributed by atoms with Crippen LogP contribution in [0.25, 0.3) is 34.4 Å². The van der Waals surface area contributed by atoms with Crippen LogP contribution in [0.1, 0.15) is 51.6 Å². The predicted molar refractivity (Wildman–Crippen MR) is 144 cm³/mol. The molecule has 4 aromatic rings. The maximum absolute atomic E-state index is 10.2. The quantitative estimate of drug-likeness (QED) is 0.407. The van der Waals surface area contributed by atoms with Gasteiger partial charge < -0.3 is 14.6 Å². The molecule has 5 rings (SSSR count). The molecular weight excluding hydrogens is 486 g/mol. The zero-order valence-corrected chi connectivity index (χ0v) is 22.7. The van der Waals surface area contributed by atoms with E-state index in [9.17, 15) is 5.11 Å². The number of aromatic nitrogens is 8. The predicted octanol–water partition coefficient (Wildman–Crippen LogP) is 2.89. The molecule has 0 spiro atoms. The first-order valence-electron chi connectivity index (χ1n) is 13.0. The maximum Gasteiger partial charge on any atom is 0.240 e. The van der Waals surface area contributed by atoms with Crippen molar-refractivity contribution in [3.63, 3.8) is 0 Å². The summed E-state index contributed by atoms with van der Waals surface area (Å²) < 4.78 is 16.1. The van der Waals surface area contributed by atoms with Gasteiger partial charge in [0.2, 0.25) is 11.8 Å². The second-order valence-corrected chi connectivity index (χ2v) is 10.0. The number of aliphatic hydroxyl groups is 1. The van der Waals surface area contributed by atoms with Gasteiger partial charge in [0.1, 0.15) is 11.8 Å². The van der Waals surface area contributed by atoms with Crippen molar-refractivity contribution in [1.29, 1.82) is 0 Å². The van der Waals surface area contributed by atoms with Gasteiger partial charge in [-0.15, -0.1) is 15.3 Å². The van der Waals surface area contributed by atoms with E-state index in [4.69, 9.17) is 14.6 Å². The zero-order valence-electron chi connectivity index (χ0n) is 22.7. The number of likely N-dealkylation sites (N-methyl/N-ethyl adjacent to an activating group) is 1. The van der Waals surface area contributed by atoms with E-state index in [1.807, 2.05) is 50.7 Å². The molecule has 0 saturated carbocycles. The molecule has 2 atom stereocenters. The molecular formula is C26H35N9O3. The molecule has 0 aliphatic carbocycles. The first-order chi connectivity index (χ1) is 18.2. The normalized spacial score (nSPS) is 18.1. The van der Waals surface area contributed by atoms with Gasteiger partial charge in [0.25, 0.3) is 0 Å². The largest absolute Gasteiger partial charge is 0.473 e. The molecule has 0 unspecified atom stereocenters. The molecule has 1 aliphatic heterocycles. The Morgan fingerprint density at radius 1 is 1.24 bits per heavy atom. The van der Waals surface area contributed by atoms with Crippen LogP contribution in [0.4, 0.5) is 0 Å². The van der Waals surface area contributed by atoms with Crippen LogP contribution in [-0.4, -0.2) is 81.4 Å². The lowest BCUT2D eigenvalue weighted by Crippen LogP contribution is -2.35. The minimum absolute atomic E-state index is 0.0640. The molecule has 0 fully saturated rings. The number of fused-ring (bicyclic) bond motifs is 4. The lowest BCUT2D eigenvalue weighted by Gasteiger charge is -2.26. The van der Waals surface area contributed by atoms with E-state index in [-0.39, 0.29) is 12.2 Å². The fourth-order valence-electron chi connectivity index (χ4n) is 4.65. The van der Waals surface area contributed by atoms with E-state index in [1.165, 1.54) is 0 Å². The van der Waals surface area contributed by atoms with Gasteiger partial charge in [-0.1, -0.05) is 6.92 Å². The van der Waals surface area contributed by atoms with Crippen LogP contribution in [0.5, 0.6) is 11.8 Å². The fourth-order valence-corrected chi connectivity index (χ4v) is 4.65. The molecule has 4 aromatic heterocycles. The molecule has 202 valence electrons. The Hall–Kier alpha value is -3.77. The lowest BCUT2D eigenvalue weighted by atomic mass is 10.1. The molecule has 12 heteroatoms.